The lowest BCUT2D eigenvalue weighted by atomic mass is 9.98. The fourth-order valence-electron chi connectivity index (χ4n) is 2.48. The Balaban J connectivity index is 2.51. The lowest BCUT2D eigenvalue weighted by Gasteiger charge is -2.20. The first kappa shape index (κ1) is 16.3. The Hall–Kier alpha value is -2.08. The number of hydrogen-bond acceptors (Lipinski definition) is 4. The van der Waals surface area contributed by atoms with Gasteiger partial charge in [-0.25, -0.2) is 0 Å². The number of thioether (sulfide) groups is 1. The van der Waals surface area contributed by atoms with Crippen LogP contribution in [0, 0.1) is 6.92 Å². The first-order chi connectivity index (χ1) is 10.4. The highest BCUT2D eigenvalue weighted by Gasteiger charge is 2.40. The highest BCUT2D eigenvalue weighted by Crippen LogP contribution is 2.34. The molecule has 0 fully saturated rings. The van der Waals surface area contributed by atoms with Gasteiger partial charge in [0.05, 0.1) is 6.42 Å². The number of amides is 1. The topological polar surface area (TPSA) is 74.7 Å². The van der Waals surface area contributed by atoms with Crippen molar-refractivity contribution in [3.8, 4) is 0 Å². The maximum atomic E-state index is 12.8. The van der Waals surface area contributed by atoms with Crippen molar-refractivity contribution < 1.29 is 19.5 Å². The van der Waals surface area contributed by atoms with Gasteiger partial charge >= 0.3 is 5.97 Å². The van der Waals surface area contributed by atoms with Crippen LogP contribution in [0.2, 0.25) is 0 Å². The van der Waals surface area contributed by atoms with Crippen LogP contribution in [0.25, 0.3) is 0 Å². The van der Waals surface area contributed by atoms with E-state index in [2.05, 4.69) is 0 Å². The van der Waals surface area contributed by atoms with E-state index in [-0.39, 0.29) is 16.9 Å². The number of likely N-dealkylation sites (N-methyl/N-ethyl adjacent to an activating group) is 1. The number of Topliss-reactive ketones (excluding diaryl/α,β-unsaturated/α-hetero) is 1. The molecule has 0 saturated heterocycles. The predicted molar refractivity (Wildman–Crippen MR) is 84.9 cm³/mol. The molecule has 1 amide bonds. The van der Waals surface area contributed by atoms with Gasteiger partial charge in [-0.15, -0.1) is 11.8 Å². The molecule has 22 heavy (non-hydrogen) atoms. The smallest absolute Gasteiger partial charge is 0.308 e. The van der Waals surface area contributed by atoms with Gasteiger partial charge in [0, 0.05) is 23.8 Å². The third kappa shape index (κ3) is 2.92. The SMILES string of the molecule is CS[C@@H]1C(C(=O)c2ccc(C)cc2)=C(CC(=O)O)C(=O)N1C. The van der Waals surface area contributed by atoms with Gasteiger partial charge in [0.2, 0.25) is 0 Å². The number of rotatable bonds is 5. The number of carboxylic acids is 1. The Bertz CT molecular complexity index is 663. The molecule has 116 valence electrons. The molecule has 0 unspecified atom stereocenters. The summed E-state index contributed by atoms with van der Waals surface area (Å²) in [6.07, 6.45) is 1.35. The van der Waals surface area contributed by atoms with Crippen LogP contribution in [0.4, 0.5) is 0 Å². The summed E-state index contributed by atoms with van der Waals surface area (Å²) in [4.78, 5) is 37.5. The molecular weight excluding hydrogens is 302 g/mol. The number of aryl methyl sites for hydroxylation is 1. The van der Waals surface area contributed by atoms with Crippen LogP contribution < -0.4 is 0 Å². The molecular formula is C16H17NO4S. The van der Waals surface area contributed by atoms with Crippen molar-refractivity contribution in [2.75, 3.05) is 13.3 Å². The maximum Gasteiger partial charge on any atom is 0.308 e. The van der Waals surface area contributed by atoms with E-state index in [0.717, 1.165) is 5.56 Å². The van der Waals surface area contributed by atoms with Gasteiger partial charge < -0.3 is 10.0 Å². The van der Waals surface area contributed by atoms with Crippen molar-refractivity contribution in [2.45, 2.75) is 18.7 Å². The number of benzene rings is 1. The third-order valence-corrected chi connectivity index (χ3v) is 4.61. The van der Waals surface area contributed by atoms with E-state index < -0.39 is 23.7 Å². The van der Waals surface area contributed by atoms with Gasteiger partial charge in [0.15, 0.2) is 5.78 Å². The van der Waals surface area contributed by atoms with Crippen LogP contribution in [-0.4, -0.2) is 46.3 Å². The summed E-state index contributed by atoms with van der Waals surface area (Å²) in [7, 11) is 1.58. The highest BCUT2D eigenvalue weighted by molar-refractivity contribution is 7.99. The van der Waals surface area contributed by atoms with Crippen molar-refractivity contribution in [3.05, 3.63) is 46.5 Å². The zero-order chi connectivity index (χ0) is 16.4. The molecule has 1 aromatic rings. The molecule has 5 nitrogen and oxygen atoms in total. The molecule has 0 saturated carbocycles. The summed E-state index contributed by atoms with van der Waals surface area (Å²) in [6.45, 7) is 1.92. The van der Waals surface area contributed by atoms with Crippen molar-refractivity contribution in [1.29, 1.82) is 0 Å². The van der Waals surface area contributed by atoms with E-state index >= 15 is 0 Å². The second kappa shape index (κ2) is 6.36. The van der Waals surface area contributed by atoms with Crippen LogP contribution in [0.1, 0.15) is 22.3 Å². The summed E-state index contributed by atoms with van der Waals surface area (Å²) in [5.74, 6) is -1.79. The molecule has 0 spiro atoms. The van der Waals surface area contributed by atoms with Gasteiger partial charge in [0.1, 0.15) is 5.37 Å². The fourth-order valence-corrected chi connectivity index (χ4v) is 3.38. The van der Waals surface area contributed by atoms with Crippen molar-refractivity contribution in [1.82, 2.24) is 4.90 Å². The molecule has 6 heteroatoms. The standard InChI is InChI=1S/C16H17NO4S/c1-9-4-6-10(7-5-9)14(20)13-11(8-12(18)19)15(21)17(2)16(13)22-3/h4-7,16H,8H2,1-3H3,(H,18,19)/t16-/m1/s1. The van der Waals surface area contributed by atoms with E-state index in [1.54, 1.807) is 25.4 Å². The van der Waals surface area contributed by atoms with Crippen molar-refractivity contribution in [2.24, 2.45) is 0 Å². The summed E-state index contributed by atoms with van der Waals surface area (Å²) < 4.78 is 0. The lowest BCUT2D eigenvalue weighted by molar-refractivity contribution is -0.137. The molecule has 1 heterocycles. The maximum absolute atomic E-state index is 12.8. The first-order valence-electron chi connectivity index (χ1n) is 6.73. The minimum absolute atomic E-state index is 0.0833. The summed E-state index contributed by atoms with van der Waals surface area (Å²) >= 11 is 1.34. The van der Waals surface area contributed by atoms with Gasteiger partial charge in [-0.05, 0) is 13.2 Å². The summed E-state index contributed by atoms with van der Waals surface area (Å²) in [6, 6.07) is 7.03. The molecule has 0 aliphatic carbocycles. The third-order valence-electron chi connectivity index (χ3n) is 3.61. The number of aliphatic carboxylic acids is 1. The van der Waals surface area contributed by atoms with Gasteiger partial charge in [-0.3, -0.25) is 14.4 Å². The van der Waals surface area contributed by atoms with Crippen molar-refractivity contribution in [3.63, 3.8) is 0 Å². The Morgan fingerprint density at radius 3 is 2.36 bits per heavy atom. The highest BCUT2D eigenvalue weighted by atomic mass is 32.2. The number of ketones is 1. The average Bonchev–Trinajstić information content (AvgIpc) is 2.71. The second-order valence-electron chi connectivity index (χ2n) is 5.16. The van der Waals surface area contributed by atoms with Crippen LogP contribution in [0.5, 0.6) is 0 Å². The molecule has 1 N–H and O–H groups in total. The fraction of sp³-hybridized carbons (Fsp3) is 0.312. The van der Waals surface area contributed by atoms with Crippen LogP contribution in [0.3, 0.4) is 0 Å². The Morgan fingerprint density at radius 2 is 1.86 bits per heavy atom. The van der Waals surface area contributed by atoms with Gasteiger partial charge in [-0.2, -0.15) is 0 Å². The molecule has 2 rings (SSSR count). The zero-order valence-electron chi connectivity index (χ0n) is 12.6. The number of nitrogens with zero attached hydrogens (tertiary/aromatic N) is 1. The van der Waals surface area contributed by atoms with E-state index in [4.69, 9.17) is 5.11 Å². The average molecular weight is 319 g/mol. The lowest BCUT2D eigenvalue weighted by Crippen LogP contribution is -2.30. The Kier molecular flexibility index (Phi) is 4.71. The number of carbonyl (C=O) groups excluding carboxylic acids is 2. The van der Waals surface area contributed by atoms with Gasteiger partial charge in [0.25, 0.3) is 5.91 Å². The zero-order valence-corrected chi connectivity index (χ0v) is 13.4. The Morgan fingerprint density at radius 1 is 1.27 bits per heavy atom. The van der Waals surface area contributed by atoms with E-state index in [0.29, 0.717) is 5.56 Å². The molecule has 1 aromatic carbocycles. The molecule has 1 aliphatic rings. The molecule has 0 aromatic heterocycles. The summed E-state index contributed by atoms with van der Waals surface area (Å²) in [5.41, 5.74) is 1.86. The van der Waals surface area contributed by atoms with E-state index in [1.165, 1.54) is 16.7 Å². The minimum Gasteiger partial charge on any atom is -0.481 e. The Labute approximate surface area is 133 Å². The largest absolute Gasteiger partial charge is 0.481 e. The van der Waals surface area contributed by atoms with Crippen LogP contribution in [0.15, 0.2) is 35.4 Å². The monoisotopic (exact) mass is 319 g/mol. The molecule has 1 aliphatic heterocycles. The van der Waals surface area contributed by atoms with Crippen LogP contribution >= 0.6 is 11.8 Å². The van der Waals surface area contributed by atoms with E-state index in [9.17, 15) is 14.4 Å². The minimum atomic E-state index is -1.12. The predicted octanol–water partition coefficient (Wildman–Crippen LogP) is 2.11. The molecule has 0 bridgehead atoms. The number of carbonyl (C=O) groups is 3. The van der Waals surface area contributed by atoms with Gasteiger partial charge in [-0.1, -0.05) is 29.8 Å². The summed E-state index contributed by atoms with van der Waals surface area (Å²) in [5, 5.41) is 8.57. The van der Waals surface area contributed by atoms with Crippen LogP contribution in [-0.2, 0) is 9.59 Å². The van der Waals surface area contributed by atoms with E-state index in [1.807, 2.05) is 19.1 Å². The van der Waals surface area contributed by atoms with Crippen molar-refractivity contribution >= 4 is 29.4 Å². The number of hydrogen-bond donors (Lipinski definition) is 1. The quantitative estimate of drug-likeness (QED) is 0.841. The normalized spacial score (nSPS) is 18.0. The molecule has 0 radical (unpaired) electrons. The molecule has 1 atom stereocenters. The first-order valence-corrected chi connectivity index (χ1v) is 8.01. The second-order valence-corrected chi connectivity index (χ2v) is 6.08. The number of carboxylic acid groups (broad SMARTS) is 1.